The van der Waals surface area contributed by atoms with E-state index >= 15 is 0 Å². The Balaban J connectivity index is 2.86. The Kier molecular flexibility index (Phi) is 4.32. The fourth-order valence-electron chi connectivity index (χ4n) is 1.56. The number of halogens is 1. The maximum Gasteiger partial charge on any atom is 0.169 e. The van der Waals surface area contributed by atoms with Crippen molar-refractivity contribution in [3.05, 3.63) is 5.82 Å². The van der Waals surface area contributed by atoms with Gasteiger partial charge in [-0.1, -0.05) is 20.3 Å². The van der Waals surface area contributed by atoms with Gasteiger partial charge in [-0.3, -0.25) is 0 Å². The molecule has 0 saturated heterocycles. The Morgan fingerprint density at radius 2 is 2.14 bits per heavy atom. The predicted molar refractivity (Wildman–Crippen MR) is 56.3 cm³/mol. The molecule has 80 valence electrons. The van der Waals surface area contributed by atoms with Gasteiger partial charge in [0.1, 0.15) is 0 Å². The van der Waals surface area contributed by atoms with Crippen LogP contribution in [0.25, 0.3) is 0 Å². The van der Waals surface area contributed by atoms with Crippen molar-refractivity contribution in [2.24, 2.45) is 0 Å². The lowest BCUT2D eigenvalue weighted by atomic mass is 10.1. The van der Waals surface area contributed by atoms with E-state index in [9.17, 15) is 0 Å². The summed E-state index contributed by atoms with van der Waals surface area (Å²) in [5.41, 5.74) is 0. The average molecular weight is 217 g/mol. The van der Waals surface area contributed by atoms with Crippen LogP contribution in [-0.4, -0.2) is 20.2 Å². The van der Waals surface area contributed by atoms with Crippen molar-refractivity contribution in [1.82, 2.24) is 20.2 Å². The lowest BCUT2D eigenvalue weighted by Gasteiger charge is -2.15. The number of aromatic nitrogens is 4. The highest BCUT2D eigenvalue weighted by atomic mass is 35.5. The second-order valence-corrected chi connectivity index (χ2v) is 4.10. The van der Waals surface area contributed by atoms with Crippen LogP contribution < -0.4 is 0 Å². The standard InChI is InChI=1S/C9H17ClN4/c1-4-6-8(5-2)14-9(7(3)10)11-12-13-14/h7-8H,4-6H2,1-3H3. The Labute approximate surface area is 89.6 Å². The summed E-state index contributed by atoms with van der Waals surface area (Å²) < 4.78 is 1.86. The van der Waals surface area contributed by atoms with Crippen LogP contribution in [0.5, 0.6) is 0 Å². The van der Waals surface area contributed by atoms with E-state index in [0.717, 1.165) is 25.1 Å². The number of alkyl halides is 1. The van der Waals surface area contributed by atoms with Gasteiger partial charge in [-0.2, -0.15) is 0 Å². The van der Waals surface area contributed by atoms with E-state index in [1.165, 1.54) is 0 Å². The maximum absolute atomic E-state index is 5.99. The van der Waals surface area contributed by atoms with E-state index < -0.39 is 0 Å². The molecule has 0 amide bonds. The second-order valence-electron chi connectivity index (χ2n) is 3.45. The molecule has 0 aromatic carbocycles. The first-order valence-electron chi connectivity index (χ1n) is 5.12. The van der Waals surface area contributed by atoms with Crippen molar-refractivity contribution in [3.8, 4) is 0 Å². The topological polar surface area (TPSA) is 43.6 Å². The van der Waals surface area contributed by atoms with Crippen molar-refractivity contribution >= 4 is 11.6 Å². The Morgan fingerprint density at radius 1 is 1.43 bits per heavy atom. The summed E-state index contributed by atoms with van der Waals surface area (Å²) in [7, 11) is 0. The zero-order valence-corrected chi connectivity index (χ0v) is 9.70. The minimum absolute atomic E-state index is 0.129. The van der Waals surface area contributed by atoms with Crippen LogP contribution in [0.15, 0.2) is 0 Å². The molecule has 2 unspecified atom stereocenters. The minimum Gasteiger partial charge on any atom is -0.225 e. The van der Waals surface area contributed by atoms with E-state index in [4.69, 9.17) is 11.6 Å². The van der Waals surface area contributed by atoms with E-state index in [0.29, 0.717) is 6.04 Å². The number of nitrogens with zero attached hydrogens (tertiary/aromatic N) is 4. The highest BCUT2D eigenvalue weighted by Crippen LogP contribution is 2.23. The molecule has 0 aliphatic carbocycles. The zero-order chi connectivity index (χ0) is 10.6. The molecule has 0 fully saturated rings. The number of hydrogen-bond donors (Lipinski definition) is 0. The summed E-state index contributed by atoms with van der Waals surface area (Å²) in [5, 5.41) is 11.5. The molecule has 0 saturated carbocycles. The third-order valence-corrected chi connectivity index (χ3v) is 2.51. The molecule has 1 heterocycles. The van der Waals surface area contributed by atoms with Crippen LogP contribution in [0, 0.1) is 0 Å². The van der Waals surface area contributed by atoms with Crippen LogP contribution in [0.2, 0.25) is 0 Å². The van der Waals surface area contributed by atoms with E-state index in [2.05, 4.69) is 29.4 Å². The van der Waals surface area contributed by atoms with Gasteiger partial charge in [0, 0.05) is 0 Å². The highest BCUT2D eigenvalue weighted by molar-refractivity contribution is 6.20. The quantitative estimate of drug-likeness (QED) is 0.711. The van der Waals surface area contributed by atoms with Crippen molar-refractivity contribution in [1.29, 1.82) is 0 Å². The fourth-order valence-corrected chi connectivity index (χ4v) is 1.70. The number of rotatable bonds is 5. The van der Waals surface area contributed by atoms with Crippen molar-refractivity contribution < 1.29 is 0 Å². The molecule has 0 aliphatic rings. The normalized spacial score (nSPS) is 15.4. The molecular formula is C9H17ClN4. The molecule has 0 aliphatic heterocycles. The first-order valence-corrected chi connectivity index (χ1v) is 5.56. The van der Waals surface area contributed by atoms with Gasteiger partial charge in [-0.05, 0) is 30.2 Å². The number of hydrogen-bond acceptors (Lipinski definition) is 3. The highest BCUT2D eigenvalue weighted by Gasteiger charge is 2.17. The van der Waals surface area contributed by atoms with Gasteiger partial charge in [-0.15, -0.1) is 16.7 Å². The molecule has 0 bridgehead atoms. The van der Waals surface area contributed by atoms with Crippen LogP contribution in [0.1, 0.15) is 57.3 Å². The summed E-state index contributed by atoms with van der Waals surface area (Å²) in [6, 6.07) is 0.381. The average Bonchev–Trinajstić information content (AvgIpc) is 2.62. The molecule has 0 N–H and O–H groups in total. The predicted octanol–water partition coefficient (Wildman–Crippen LogP) is 2.72. The molecule has 1 aromatic heterocycles. The van der Waals surface area contributed by atoms with Gasteiger partial charge in [0.15, 0.2) is 5.82 Å². The van der Waals surface area contributed by atoms with Crippen LogP contribution in [0.3, 0.4) is 0 Å². The zero-order valence-electron chi connectivity index (χ0n) is 8.94. The Morgan fingerprint density at radius 3 is 2.64 bits per heavy atom. The summed E-state index contributed by atoms with van der Waals surface area (Å²) in [4.78, 5) is 0. The third kappa shape index (κ3) is 2.44. The first-order chi connectivity index (χ1) is 6.70. The molecular weight excluding hydrogens is 200 g/mol. The largest absolute Gasteiger partial charge is 0.225 e. The Hall–Kier alpha value is -0.640. The molecule has 5 heteroatoms. The minimum atomic E-state index is -0.129. The van der Waals surface area contributed by atoms with Gasteiger partial charge in [0.2, 0.25) is 0 Å². The van der Waals surface area contributed by atoms with Gasteiger partial charge in [0.25, 0.3) is 0 Å². The van der Waals surface area contributed by atoms with Gasteiger partial charge in [-0.25, -0.2) is 4.68 Å². The first kappa shape index (κ1) is 11.4. The fraction of sp³-hybridized carbons (Fsp3) is 0.889. The molecule has 1 aromatic rings. The lowest BCUT2D eigenvalue weighted by Crippen LogP contribution is -2.13. The summed E-state index contributed by atoms with van der Waals surface area (Å²) >= 11 is 5.99. The third-order valence-electron chi connectivity index (χ3n) is 2.31. The van der Waals surface area contributed by atoms with Gasteiger partial charge < -0.3 is 0 Å². The van der Waals surface area contributed by atoms with Crippen LogP contribution >= 0.6 is 11.6 Å². The second kappa shape index (κ2) is 5.29. The molecule has 14 heavy (non-hydrogen) atoms. The van der Waals surface area contributed by atoms with E-state index in [1.807, 2.05) is 11.6 Å². The van der Waals surface area contributed by atoms with E-state index in [1.54, 1.807) is 0 Å². The SMILES string of the molecule is CCCC(CC)n1nnnc1C(C)Cl. The van der Waals surface area contributed by atoms with Crippen molar-refractivity contribution in [3.63, 3.8) is 0 Å². The Bertz CT molecular complexity index is 272. The van der Waals surface area contributed by atoms with Crippen molar-refractivity contribution in [2.45, 2.75) is 51.5 Å². The maximum atomic E-state index is 5.99. The molecule has 0 spiro atoms. The van der Waals surface area contributed by atoms with Gasteiger partial charge in [0.05, 0.1) is 11.4 Å². The molecule has 4 nitrogen and oxygen atoms in total. The van der Waals surface area contributed by atoms with Gasteiger partial charge >= 0.3 is 0 Å². The number of tetrazole rings is 1. The van der Waals surface area contributed by atoms with Crippen molar-refractivity contribution in [2.75, 3.05) is 0 Å². The lowest BCUT2D eigenvalue weighted by molar-refractivity contribution is 0.388. The summed E-state index contributed by atoms with van der Waals surface area (Å²) in [6.07, 6.45) is 3.27. The van der Waals surface area contributed by atoms with Crippen LogP contribution in [0.4, 0.5) is 0 Å². The monoisotopic (exact) mass is 216 g/mol. The molecule has 0 radical (unpaired) electrons. The molecule has 2 atom stereocenters. The molecule has 1 rings (SSSR count). The van der Waals surface area contributed by atoms with E-state index in [-0.39, 0.29) is 5.38 Å². The van der Waals surface area contributed by atoms with Crippen LogP contribution in [-0.2, 0) is 0 Å². The summed E-state index contributed by atoms with van der Waals surface area (Å²) in [5.74, 6) is 0.770. The smallest absolute Gasteiger partial charge is 0.169 e. The summed E-state index contributed by atoms with van der Waals surface area (Å²) in [6.45, 7) is 6.20.